The first kappa shape index (κ1) is 19.5. The molecule has 3 aromatic carbocycles. The zero-order valence-corrected chi connectivity index (χ0v) is 16.5. The summed E-state index contributed by atoms with van der Waals surface area (Å²) in [6.45, 7) is 0.640. The number of carbonyl (C=O) groups excluding carboxylic acids is 2. The van der Waals surface area contributed by atoms with Crippen LogP contribution in [0.5, 0.6) is 11.5 Å². The van der Waals surface area contributed by atoms with E-state index < -0.39 is 0 Å². The lowest BCUT2D eigenvalue weighted by Gasteiger charge is -2.18. The van der Waals surface area contributed by atoms with Crippen molar-refractivity contribution in [1.82, 2.24) is 0 Å². The van der Waals surface area contributed by atoms with Crippen LogP contribution in [0.2, 0.25) is 0 Å². The van der Waals surface area contributed by atoms with E-state index in [0.29, 0.717) is 34.8 Å². The molecule has 0 amide bonds. The first-order valence-electron chi connectivity index (χ1n) is 9.51. The molecule has 0 unspecified atom stereocenters. The highest BCUT2D eigenvalue weighted by Gasteiger charge is 2.22. The second kappa shape index (κ2) is 8.66. The third kappa shape index (κ3) is 4.25. The molecule has 0 fully saturated rings. The fourth-order valence-electron chi connectivity index (χ4n) is 3.16. The summed E-state index contributed by atoms with van der Waals surface area (Å²) in [6, 6.07) is 21.9. The van der Waals surface area contributed by atoms with E-state index in [9.17, 15) is 9.59 Å². The van der Waals surface area contributed by atoms with Crippen molar-refractivity contribution >= 4 is 17.8 Å². The van der Waals surface area contributed by atoms with Crippen LogP contribution in [0.15, 0.2) is 78.4 Å². The first-order chi connectivity index (χ1) is 14.6. The number of hydrogen-bond donors (Lipinski definition) is 0. The average Bonchev–Trinajstić information content (AvgIpc) is 2.80. The number of ether oxygens (including phenoxy) is 3. The van der Waals surface area contributed by atoms with Crippen molar-refractivity contribution in [3.8, 4) is 11.5 Å². The lowest BCUT2D eigenvalue weighted by atomic mass is 9.98. The van der Waals surface area contributed by atoms with E-state index in [1.807, 2.05) is 54.6 Å². The number of ketones is 1. The summed E-state index contributed by atoms with van der Waals surface area (Å²) in [4.78, 5) is 24.1. The Bertz CT molecular complexity index is 1100. The van der Waals surface area contributed by atoms with E-state index in [0.717, 1.165) is 11.1 Å². The summed E-state index contributed by atoms with van der Waals surface area (Å²) in [5.74, 6) is 0.971. The van der Waals surface area contributed by atoms with Crippen molar-refractivity contribution in [2.45, 2.75) is 6.61 Å². The summed E-state index contributed by atoms with van der Waals surface area (Å²) in [6.07, 6.45) is 1.84. The van der Waals surface area contributed by atoms with Crippen LogP contribution in [0.3, 0.4) is 0 Å². The molecule has 150 valence electrons. The summed E-state index contributed by atoms with van der Waals surface area (Å²) in [5.41, 5.74) is 3.55. The van der Waals surface area contributed by atoms with Crippen LogP contribution in [-0.4, -0.2) is 25.5 Å². The number of rotatable bonds is 5. The molecule has 1 aliphatic heterocycles. The monoisotopic (exact) mass is 400 g/mol. The standard InChI is InChI=1S/C25H20O5/c1-28-25(27)19-10-6-18(7-11-19)15-29-21-12-8-17(9-13-21)14-20-16-30-23-5-3-2-4-22(23)24(20)26/h2-14H,15-16H2,1H3. The van der Waals surface area contributed by atoms with E-state index in [1.54, 1.807) is 24.3 Å². The summed E-state index contributed by atoms with van der Waals surface area (Å²) < 4.78 is 16.2. The molecule has 4 rings (SSSR count). The molecule has 0 bridgehead atoms. The number of esters is 1. The number of Topliss-reactive ketones (excluding diaryl/α,β-unsaturated/α-hetero) is 1. The molecule has 1 heterocycles. The van der Waals surface area contributed by atoms with Gasteiger partial charge in [0.25, 0.3) is 0 Å². The number of benzene rings is 3. The smallest absolute Gasteiger partial charge is 0.337 e. The maximum Gasteiger partial charge on any atom is 0.337 e. The van der Waals surface area contributed by atoms with Crippen LogP contribution < -0.4 is 9.47 Å². The molecule has 0 N–H and O–H groups in total. The first-order valence-corrected chi connectivity index (χ1v) is 9.51. The summed E-state index contributed by atoms with van der Waals surface area (Å²) in [7, 11) is 1.36. The minimum Gasteiger partial charge on any atom is -0.489 e. The Morgan fingerprint density at radius 3 is 2.47 bits per heavy atom. The lowest BCUT2D eigenvalue weighted by molar-refractivity contribution is 0.0600. The Morgan fingerprint density at radius 1 is 1.00 bits per heavy atom. The molecule has 30 heavy (non-hydrogen) atoms. The Hall–Kier alpha value is -3.86. The van der Waals surface area contributed by atoms with Gasteiger partial charge in [0.1, 0.15) is 24.7 Å². The van der Waals surface area contributed by atoms with Gasteiger partial charge < -0.3 is 14.2 Å². The van der Waals surface area contributed by atoms with Crippen molar-refractivity contribution in [2.24, 2.45) is 0 Å². The molecule has 0 aromatic heterocycles. The van der Waals surface area contributed by atoms with Crippen LogP contribution in [0.4, 0.5) is 0 Å². The van der Waals surface area contributed by atoms with Crippen LogP contribution >= 0.6 is 0 Å². The molecule has 0 aliphatic carbocycles. The Balaban J connectivity index is 1.39. The molecule has 0 radical (unpaired) electrons. The molecule has 0 saturated heterocycles. The minimum absolute atomic E-state index is 0.00687. The summed E-state index contributed by atoms with van der Waals surface area (Å²) in [5, 5.41) is 0. The fourth-order valence-corrected chi connectivity index (χ4v) is 3.16. The third-order valence-electron chi connectivity index (χ3n) is 4.81. The number of hydrogen-bond acceptors (Lipinski definition) is 5. The molecule has 3 aromatic rings. The fraction of sp³-hybridized carbons (Fsp3) is 0.120. The van der Waals surface area contributed by atoms with Gasteiger partial charge in [0, 0.05) is 5.57 Å². The number of para-hydroxylation sites is 1. The van der Waals surface area contributed by atoms with Gasteiger partial charge in [-0.05, 0) is 53.6 Å². The van der Waals surface area contributed by atoms with Crippen molar-refractivity contribution < 1.29 is 23.8 Å². The quantitative estimate of drug-likeness (QED) is 0.458. The van der Waals surface area contributed by atoms with Gasteiger partial charge in [0.05, 0.1) is 18.2 Å². The normalized spacial score (nSPS) is 14.0. The zero-order chi connectivity index (χ0) is 20.9. The van der Waals surface area contributed by atoms with Crippen molar-refractivity contribution in [2.75, 3.05) is 13.7 Å². The van der Waals surface area contributed by atoms with Gasteiger partial charge in [-0.2, -0.15) is 0 Å². The molecule has 1 aliphatic rings. The average molecular weight is 400 g/mol. The second-order valence-corrected chi connectivity index (χ2v) is 6.83. The SMILES string of the molecule is COC(=O)c1ccc(COc2ccc(C=C3COc4ccccc4C3=O)cc2)cc1. The topological polar surface area (TPSA) is 61.8 Å². The molecule has 0 saturated carbocycles. The predicted molar refractivity (Wildman–Crippen MR) is 113 cm³/mol. The Morgan fingerprint density at radius 2 is 1.73 bits per heavy atom. The van der Waals surface area contributed by atoms with E-state index in [1.165, 1.54) is 7.11 Å². The molecular weight excluding hydrogens is 380 g/mol. The molecule has 5 nitrogen and oxygen atoms in total. The van der Waals surface area contributed by atoms with Gasteiger partial charge in [0.2, 0.25) is 0 Å². The van der Waals surface area contributed by atoms with Crippen LogP contribution in [0, 0.1) is 0 Å². The zero-order valence-electron chi connectivity index (χ0n) is 16.5. The summed E-state index contributed by atoms with van der Waals surface area (Å²) >= 11 is 0. The highest BCUT2D eigenvalue weighted by molar-refractivity contribution is 6.14. The van der Waals surface area contributed by atoms with Gasteiger partial charge in [-0.3, -0.25) is 4.79 Å². The molecule has 5 heteroatoms. The minimum atomic E-state index is -0.363. The number of fused-ring (bicyclic) bond motifs is 1. The highest BCUT2D eigenvalue weighted by Crippen LogP contribution is 2.27. The van der Waals surface area contributed by atoms with Gasteiger partial charge in [0.15, 0.2) is 5.78 Å². The van der Waals surface area contributed by atoms with Crippen LogP contribution in [0.25, 0.3) is 6.08 Å². The van der Waals surface area contributed by atoms with Crippen molar-refractivity contribution in [3.05, 3.63) is 101 Å². The molecule has 0 atom stereocenters. The van der Waals surface area contributed by atoms with Gasteiger partial charge in [-0.1, -0.05) is 36.4 Å². The Labute approximate surface area is 174 Å². The van der Waals surface area contributed by atoms with E-state index >= 15 is 0 Å². The van der Waals surface area contributed by atoms with Crippen LogP contribution in [0.1, 0.15) is 31.8 Å². The van der Waals surface area contributed by atoms with Gasteiger partial charge in [-0.25, -0.2) is 4.79 Å². The third-order valence-corrected chi connectivity index (χ3v) is 4.81. The molecular formula is C25H20O5. The second-order valence-electron chi connectivity index (χ2n) is 6.83. The van der Waals surface area contributed by atoms with Crippen molar-refractivity contribution in [3.63, 3.8) is 0 Å². The Kier molecular flexibility index (Phi) is 5.61. The maximum atomic E-state index is 12.6. The van der Waals surface area contributed by atoms with E-state index in [2.05, 4.69) is 0 Å². The lowest BCUT2D eigenvalue weighted by Crippen LogP contribution is -2.18. The van der Waals surface area contributed by atoms with Gasteiger partial charge in [-0.15, -0.1) is 0 Å². The van der Waals surface area contributed by atoms with Crippen LogP contribution in [-0.2, 0) is 11.3 Å². The number of methoxy groups -OCH3 is 1. The van der Waals surface area contributed by atoms with E-state index in [-0.39, 0.29) is 18.4 Å². The molecule has 0 spiro atoms. The predicted octanol–water partition coefficient (Wildman–Crippen LogP) is 4.71. The van der Waals surface area contributed by atoms with Crippen molar-refractivity contribution in [1.29, 1.82) is 0 Å². The highest BCUT2D eigenvalue weighted by atomic mass is 16.5. The number of carbonyl (C=O) groups is 2. The van der Waals surface area contributed by atoms with E-state index in [4.69, 9.17) is 14.2 Å². The maximum absolute atomic E-state index is 12.6. The largest absolute Gasteiger partial charge is 0.489 e. The van der Waals surface area contributed by atoms with Gasteiger partial charge >= 0.3 is 5.97 Å².